The number of aliphatic hydroxyl groups excluding tert-OH is 1. The number of hydrogen-bond acceptors (Lipinski definition) is 5. The fraction of sp³-hybridized carbons (Fsp3) is 0.375. The Bertz CT molecular complexity index is 327. The van der Waals surface area contributed by atoms with Crippen LogP contribution < -0.4 is 11.1 Å². The topological polar surface area (TPSA) is 101 Å². The summed E-state index contributed by atoms with van der Waals surface area (Å²) >= 11 is 0. The molecule has 1 aromatic rings. The molecule has 0 aromatic carbocycles. The van der Waals surface area contributed by atoms with Gasteiger partial charge in [-0.2, -0.15) is 0 Å². The number of carbonyl (C=O) groups excluding carboxylic acids is 1. The van der Waals surface area contributed by atoms with Gasteiger partial charge in [0.25, 0.3) is 0 Å². The minimum atomic E-state index is -1.03. The lowest BCUT2D eigenvalue weighted by Gasteiger charge is -2.05. The molecule has 14 heavy (non-hydrogen) atoms. The first-order chi connectivity index (χ1) is 6.59. The summed E-state index contributed by atoms with van der Waals surface area (Å²) in [5, 5.41) is 11.3. The normalized spacial score (nSPS) is 12.1. The van der Waals surface area contributed by atoms with Crippen LogP contribution in [-0.2, 0) is 11.3 Å². The Labute approximate surface area is 81.2 Å². The Kier molecular flexibility index (Phi) is 3.35. The number of carbonyl (C=O) groups is 1. The SMILES string of the molecule is C[C@H](O)C(=O)NCc1nccc(N)n1. The van der Waals surface area contributed by atoms with Crippen molar-refractivity contribution >= 4 is 11.7 Å². The second-order valence-electron chi connectivity index (χ2n) is 2.79. The number of aromatic nitrogens is 2. The second kappa shape index (κ2) is 4.52. The highest BCUT2D eigenvalue weighted by Gasteiger charge is 2.08. The molecule has 0 fully saturated rings. The maximum absolute atomic E-state index is 11.0. The van der Waals surface area contributed by atoms with E-state index in [9.17, 15) is 4.79 Å². The van der Waals surface area contributed by atoms with Crippen molar-refractivity contribution in [2.75, 3.05) is 5.73 Å². The Hall–Kier alpha value is -1.69. The highest BCUT2D eigenvalue weighted by molar-refractivity contribution is 5.79. The average molecular weight is 196 g/mol. The Morgan fingerprint density at radius 2 is 2.50 bits per heavy atom. The molecule has 1 amide bonds. The van der Waals surface area contributed by atoms with Gasteiger partial charge in [-0.15, -0.1) is 0 Å². The van der Waals surface area contributed by atoms with Crippen LogP contribution in [0, 0.1) is 0 Å². The summed E-state index contributed by atoms with van der Waals surface area (Å²) in [5.74, 6) is 0.302. The van der Waals surface area contributed by atoms with Crippen LogP contribution in [0.25, 0.3) is 0 Å². The molecule has 1 aromatic heterocycles. The average Bonchev–Trinajstić information content (AvgIpc) is 2.14. The number of aliphatic hydroxyl groups is 1. The van der Waals surface area contributed by atoms with Crippen molar-refractivity contribution in [3.63, 3.8) is 0 Å². The lowest BCUT2D eigenvalue weighted by atomic mass is 10.4. The number of nitrogens with one attached hydrogen (secondary N) is 1. The molecular weight excluding hydrogens is 184 g/mol. The van der Waals surface area contributed by atoms with Crippen molar-refractivity contribution in [2.45, 2.75) is 19.6 Å². The van der Waals surface area contributed by atoms with E-state index in [4.69, 9.17) is 10.8 Å². The van der Waals surface area contributed by atoms with Crippen molar-refractivity contribution in [3.8, 4) is 0 Å². The summed E-state index contributed by atoms with van der Waals surface area (Å²) in [7, 11) is 0. The first kappa shape index (κ1) is 10.4. The first-order valence-corrected chi connectivity index (χ1v) is 4.13. The van der Waals surface area contributed by atoms with Gasteiger partial charge in [-0.3, -0.25) is 4.79 Å². The van der Waals surface area contributed by atoms with Crippen LogP contribution in [-0.4, -0.2) is 27.1 Å². The van der Waals surface area contributed by atoms with Gasteiger partial charge in [0.15, 0.2) is 0 Å². The lowest BCUT2D eigenvalue weighted by molar-refractivity contribution is -0.128. The first-order valence-electron chi connectivity index (χ1n) is 4.13. The molecule has 1 rings (SSSR count). The molecule has 1 heterocycles. The molecule has 4 N–H and O–H groups in total. The van der Waals surface area contributed by atoms with E-state index in [1.165, 1.54) is 13.1 Å². The van der Waals surface area contributed by atoms with Crippen molar-refractivity contribution in [3.05, 3.63) is 18.1 Å². The van der Waals surface area contributed by atoms with E-state index in [1.54, 1.807) is 6.07 Å². The molecule has 0 radical (unpaired) electrons. The summed E-state index contributed by atoms with van der Waals surface area (Å²) in [6, 6.07) is 1.56. The van der Waals surface area contributed by atoms with Crippen molar-refractivity contribution in [1.29, 1.82) is 0 Å². The van der Waals surface area contributed by atoms with Gasteiger partial charge >= 0.3 is 0 Å². The number of anilines is 1. The summed E-state index contributed by atoms with van der Waals surface area (Å²) in [6.07, 6.45) is 0.475. The van der Waals surface area contributed by atoms with E-state index in [1.807, 2.05) is 0 Å². The van der Waals surface area contributed by atoms with E-state index in [2.05, 4.69) is 15.3 Å². The van der Waals surface area contributed by atoms with Crippen LogP contribution in [0.15, 0.2) is 12.3 Å². The minimum absolute atomic E-state index is 0.161. The summed E-state index contributed by atoms with van der Waals surface area (Å²) in [4.78, 5) is 18.7. The van der Waals surface area contributed by atoms with Crippen molar-refractivity contribution < 1.29 is 9.90 Å². The van der Waals surface area contributed by atoms with Crippen LogP contribution in [0.3, 0.4) is 0 Å². The van der Waals surface area contributed by atoms with Crippen LogP contribution in [0.4, 0.5) is 5.82 Å². The van der Waals surface area contributed by atoms with Gasteiger partial charge in [0.2, 0.25) is 5.91 Å². The Morgan fingerprint density at radius 1 is 1.79 bits per heavy atom. The van der Waals surface area contributed by atoms with Crippen LogP contribution in [0.1, 0.15) is 12.7 Å². The minimum Gasteiger partial charge on any atom is -0.384 e. The molecule has 0 saturated carbocycles. The van der Waals surface area contributed by atoms with E-state index in [-0.39, 0.29) is 6.54 Å². The third kappa shape index (κ3) is 2.98. The van der Waals surface area contributed by atoms with Crippen molar-refractivity contribution in [2.24, 2.45) is 0 Å². The molecule has 76 valence electrons. The highest BCUT2D eigenvalue weighted by Crippen LogP contribution is 1.95. The zero-order valence-electron chi connectivity index (χ0n) is 7.77. The number of nitrogens with two attached hydrogens (primary N) is 1. The molecule has 0 bridgehead atoms. The zero-order chi connectivity index (χ0) is 10.6. The second-order valence-corrected chi connectivity index (χ2v) is 2.79. The molecule has 0 aliphatic heterocycles. The molecular formula is C8H12N4O2. The van der Waals surface area contributed by atoms with Gasteiger partial charge in [-0.05, 0) is 13.0 Å². The third-order valence-electron chi connectivity index (χ3n) is 1.53. The van der Waals surface area contributed by atoms with Crippen LogP contribution in [0.5, 0.6) is 0 Å². The number of hydrogen-bond donors (Lipinski definition) is 3. The molecule has 1 atom stereocenters. The Balaban J connectivity index is 2.50. The molecule has 0 aliphatic carbocycles. The third-order valence-corrected chi connectivity index (χ3v) is 1.53. The molecule has 0 saturated heterocycles. The van der Waals surface area contributed by atoms with Crippen LogP contribution in [0.2, 0.25) is 0 Å². The highest BCUT2D eigenvalue weighted by atomic mass is 16.3. The molecule has 6 heteroatoms. The quantitative estimate of drug-likeness (QED) is 0.579. The predicted molar refractivity (Wildman–Crippen MR) is 50.0 cm³/mol. The van der Waals surface area contributed by atoms with Gasteiger partial charge in [-0.25, -0.2) is 9.97 Å². The number of nitrogen functional groups attached to an aromatic ring is 1. The standard InChI is InChI=1S/C8H12N4O2/c1-5(13)8(14)11-4-7-10-3-2-6(9)12-7/h2-3,5,13H,4H2,1H3,(H,11,14)(H2,9,10,12)/t5-/m0/s1. The van der Waals surface area contributed by atoms with E-state index in [0.717, 1.165) is 0 Å². The van der Waals surface area contributed by atoms with Gasteiger partial charge in [0.1, 0.15) is 17.7 Å². The maximum Gasteiger partial charge on any atom is 0.248 e. The zero-order valence-corrected chi connectivity index (χ0v) is 7.77. The van der Waals surface area contributed by atoms with Gasteiger partial charge in [-0.1, -0.05) is 0 Å². The number of rotatable bonds is 3. The number of amides is 1. The summed E-state index contributed by atoms with van der Waals surface area (Å²) in [6.45, 7) is 1.55. The predicted octanol–water partition coefficient (Wildman–Crippen LogP) is -0.944. The van der Waals surface area contributed by atoms with E-state index >= 15 is 0 Å². The molecule has 6 nitrogen and oxygen atoms in total. The summed E-state index contributed by atoms with van der Waals surface area (Å²) < 4.78 is 0. The van der Waals surface area contributed by atoms with E-state index in [0.29, 0.717) is 11.6 Å². The summed E-state index contributed by atoms with van der Waals surface area (Å²) in [5.41, 5.74) is 5.41. The lowest BCUT2D eigenvalue weighted by Crippen LogP contribution is -2.32. The van der Waals surface area contributed by atoms with E-state index < -0.39 is 12.0 Å². The molecule has 0 unspecified atom stereocenters. The monoisotopic (exact) mass is 196 g/mol. The Morgan fingerprint density at radius 3 is 3.07 bits per heavy atom. The molecule has 0 aliphatic rings. The molecule has 0 spiro atoms. The van der Waals surface area contributed by atoms with Crippen molar-refractivity contribution in [1.82, 2.24) is 15.3 Å². The van der Waals surface area contributed by atoms with Gasteiger partial charge < -0.3 is 16.2 Å². The van der Waals surface area contributed by atoms with Gasteiger partial charge in [0.05, 0.1) is 6.54 Å². The maximum atomic E-state index is 11.0. The largest absolute Gasteiger partial charge is 0.384 e. The van der Waals surface area contributed by atoms with Crippen LogP contribution >= 0.6 is 0 Å². The van der Waals surface area contributed by atoms with Gasteiger partial charge in [0, 0.05) is 6.20 Å². The smallest absolute Gasteiger partial charge is 0.248 e. The fourth-order valence-corrected chi connectivity index (χ4v) is 0.814. The number of nitrogens with zero attached hydrogens (tertiary/aromatic N) is 2. The fourth-order valence-electron chi connectivity index (χ4n) is 0.814.